The van der Waals surface area contributed by atoms with Gasteiger partial charge in [-0.3, -0.25) is 14.5 Å². The molecule has 4 rings (SSSR count). The molecular weight excluding hydrogens is 400 g/mol. The molecule has 170 valence electrons. The zero-order valence-electron chi connectivity index (χ0n) is 19.2. The minimum Gasteiger partial charge on any atom is -0.494 e. The van der Waals surface area contributed by atoms with Crippen LogP contribution in [0, 0.1) is 0 Å². The van der Waals surface area contributed by atoms with Crippen LogP contribution in [0.4, 0.5) is 0 Å². The predicted octanol–water partition coefficient (Wildman–Crippen LogP) is 3.55. The lowest BCUT2D eigenvalue weighted by Crippen LogP contribution is -2.52. The van der Waals surface area contributed by atoms with Crippen molar-refractivity contribution in [1.82, 2.24) is 19.6 Å². The molecule has 1 N–H and O–H groups in total. The van der Waals surface area contributed by atoms with Gasteiger partial charge in [-0.05, 0) is 19.4 Å². The van der Waals surface area contributed by atoms with Gasteiger partial charge in [0.1, 0.15) is 5.75 Å². The summed E-state index contributed by atoms with van der Waals surface area (Å²) in [5, 5.41) is 14.5. The summed E-state index contributed by atoms with van der Waals surface area (Å²) in [6.07, 6.45) is 2.90. The van der Waals surface area contributed by atoms with E-state index >= 15 is 0 Å². The van der Waals surface area contributed by atoms with Crippen molar-refractivity contribution in [1.29, 1.82) is 0 Å². The fourth-order valence-electron chi connectivity index (χ4n) is 4.61. The first-order valence-electron chi connectivity index (χ1n) is 11.5. The monoisotopic (exact) mass is 434 g/mol. The standard InChI is InChI=1S/C26H34N4O2/c1-3-32-25-12-8-7-11-22(25)19-30-15-14-29(20-24(30)13-16-31)18-23-17-28(2)27-26(23)21-9-5-4-6-10-21/h4-12,17,24,31H,3,13-16,18-20H2,1-2H3/t24-/m1/s1. The molecule has 0 saturated carbocycles. The number of aryl methyl sites for hydroxylation is 1. The summed E-state index contributed by atoms with van der Waals surface area (Å²) in [6, 6.07) is 19.0. The lowest BCUT2D eigenvalue weighted by molar-refractivity contribution is 0.0494. The van der Waals surface area contributed by atoms with Crippen LogP contribution in [0.5, 0.6) is 5.75 Å². The van der Waals surface area contributed by atoms with E-state index in [1.54, 1.807) is 0 Å². The Bertz CT molecular complexity index is 989. The zero-order chi connectivity index (χ0) is 22.3. The summed E-state index contributed by atoms with van der Waals surface area (Å²) in [7, 11) is 1.98. The molecule has 2 heterocycles. The SMILES string of the molecule is CCOc1ccccc1CN1CCN(Cc2cn(C)nc2-c2ccccc2)C[C@H]1CCO. The molecule has 0 aliphatic carbocycles. The second-order valence-corrected chi connectivity index (χ2v) is 8.46. The van der Waals surface area contributed by atoms with Crippen molar-refractivity contribution in [2.45, 2.75) is 32.5 Å². The second kappa shape index (κ2) is 10.8. The Kier molecular flexibility index (Phi) is 7.58. The molecule has 0 bridgehead atoms. The molecule has 1 atom stereocenters. The number of aromatic nitrogens is 2. The fraction of sp³-hybridized carbons (Fsp3) is 0.423. The van der Waals surface area contributed by atoms with Gasteiger partial charge in [-0.2, -0.15) is 5.10 Å². The second-order valence-electron chi connectivity index (χ2n) is 8.46. The smallest absolute Gasteiger partial charge is 0.123 e. The van der Waals surface area contributed by atoms with Crippen LogP contribution in [0.15, 0.2) is 60.8 Å². The van der Waals surface area contributed by atoms with Crippen LogP contribution in [0.3, 0.4) is 0 Å². The van der Waals surface area contributed by atoms with Gasteiger partial charge >= 0.3 is 0 Å². The molecule has 1 aliphatic heterocycles. The maximum atomic E-state index is 9.73. The maximum absolute atomic E-state index is 9.73. The summed E-state index contributed by atoms with van der Waals surface area (Å²) in [6.45, 7) is 7.48. The molecule has 0 spiro atoms. The molecule has 1 aliphatic rings. The average molecular weight is 435 g/mol. The van der Waals surface area contributed by atoms with Gasteiger partial charge in [0.15, 0.2) is 0 Å². The Morgan fingerprint density at radius 2 is 1.78 bits per heavy atom. The zero-order valence-corrected chi connectivity index (χ0v) is 19.2. The highest BCUT2D eigenvalue weighted by atomic mass is 16.5. The average Bonchev–Trinajstić information content (AvgIpc) is 3.17. The van der Waals surface area contributed by atoms with Crippen molar-refractivity contribution in [3.63, 3.8) is 0 Å². The van der Waals surface area contributed by atoms with Crippen molar-refractivity contribution >= 4 is 0 Å². The van der Waals surface area contributed by atoms with Gasteiger partial charge < -0.3 is 9.84 Å². The Hall–Kier alpha value is -2.67. The van der Waals surface area contributed by atoms with Crippen LogP contribution < -0.4 is 4.74 Å². The highest BCUT2D eigenvalue weighted by Gasteiger charge is 2.28. The minimum atomic E-state index is 0.199. The highest BCUT2D eigenvalue weighted by Crippen LogP contribution is 2.26. The number of hydrogen-bond donors (Lipinski definition) is 1. The molecule has 1 aromatic heterocycles. The summed E-state index contributed by atoms with van der Waals surface area (Å²) in [5.74, 6) is 0.961. The van der Waals surface area contributed by atoms with Crippen LogP contribution >= 0.6 is 0 Å². The molecule has 0 unspecified atom stereocenters. The predicted molar refractivity (Wildman–Crippen MR) is 127 cm³/mol. The highest BCUT2D eigenvalue weighted by molar-refractivity contribution is 5.62. The van der Waals surface area contributed by atoms with Crippen molar-refractivity contribution in [3.05, 3.63) is 71.9 Å². The van der Waals surface area contributed by atoms with E-state index in [0.717, 1.165) is 56.2 Å². The summed E-state index contributed by atoms with van der Waals surface area (Å²) >= 11 is 0. The first kappa shape index (κ1) is 22.5. The van der Waals surface area contributed by atoms with Gasteiger partial charge in [-0.15, -0.1) is 0 Å². The van der Waals surface area contributed by atoms with Crippen molar-refractivity contribution in [2.24, 2.45) is 7.05 Å². The quantitative estimate of drug-likeness (QED) is 0.558. The van der Waals surface area contributed by atoms with E-state index in [9.17, 15) is 5.11 Å². The largest absolute Gasteiger partial charge is 0.494 e. The normalized spacial score (nSPS) is 17.5. The minimum absolute atomic E-state index is 0.199. The molecule has 3 aromatic rings. The number of ether oxygens (including phenoxy) is 1. The summed E-state index contributed by atoms with van der Waals surface area (Å²) < 4.78 is 7.74. The number of benzene rings is 2. The van der Waals surface area contributed by atoms with Crippen molar-refractivity contribution in [3.8, 4) is 17.0 Å². The number of nitrogens with zero attached hydrogens (tertiary/aromatic N) is 4. The Balaban J connectivity index is 1.46. The number of rotatable bonds is 9. The third kappa shape index (κ3) is 5.38. The van der Waals surface area contributed by atoms with Crippen LogP contribution in [-0.2, 0) is 20.1 Å². The number of aliphatic hydroxyl groups is 1. The number of hydrogen-bond acceptors (Lipinski definition) is 5. The third-order valence-corrected chi connectivity index (χ3v) is 6.14. The Morgan fingerprint density at radius 1 is 1.00 bits per heavy atom. The van der Waals surface area contributed by atoms with E-state index in [1.165, 1.54) is 11.1 Å². The molecule has 6 nitrogen and oxygen atoms in total. The van der Waals surface area contributed by atoms with Gasteiger partial charge in [-0.25, -0.2) is 0 Å². The summed E-state index contributed by atoms with van der Waals surface area (Å²) in [4.78, 5) is 4.99. The first-order valence-corrected chi connectivity index (χ1v) is 11.5. The maximum Gasteiger partial charge on any atom is 0.123 e. The van der Waals surface area contributed by atoms with Crippen molar-refractivity contribution < 1.29 is 9.84 Å². The summed E-state index contributed by atoms with van der Waals surface area (Å²) in [5.41, 5.74) is 4.67. The number of aliphatic hydroxyl groups excluding tert-OH is 1. The van der Waals surface area contributed by atoms with Gasteiger partial charge in [-0.1, -0.05) is 48.5 Å². The molecule has 32 heavy (non-hydrogen) atoms. The van der Waals surface area contributed by atoms with E-state index in [2.05, 4.69) is 52.4 Å². The lowest BCUT2D eigenvalue weighted by Gasteiger charge is -2.41. The number of piperazine rings is 1. The van der Waals surface area contributed by atoms with Crippen molar-refractivity contribution in [2.75, 3.05) is 32.8 Å². The Morgan fingerprint density at radius 3 is 2.56 bits per heavy atom. The van der Waals surface area contributed by atoms with Crippen LogP contribution in [0.1, 0.15) is 24.5 Å². The molecule has 1 saturated heterocycles. The van der Waals surface area contributed by atoms with E-state index < -0.39 is 0 Å². The van der Waals surface area contributed by atoms with E-state index in [4.69, 9.17) is 9.84 Å². The van der Waals surface area contributed by atoms with E-state index in [-0.39, 0.29) is 6.61 Å². The van der Waals surface area contributed by atoms with E-state index in [0.29, 0.717) is 12.6 Å². The first-order chi connectivity index (χ1) is 15.7. The van der Waals surface area contributed by atoms with Gasteiger partial charge in [0.2, 0.25) is 0 Å². The van der Waals surface area contributed by atoms with Crippen LogP contribution in [-0.4, -0.2) is 63.6 Å². The lowest BCUT2D eigenvalue weighted by atomic mass is 10.0. The van der Waals surface area contributed by atoms with Gasteiger partial charge in [0.05, 0.1) is 12.3 Å². The van der Waals surface area contributed by atoms with Crippen LogP contribution in [0.25, 0.3) is 11.3 Å². The number of para-hydroxylation sites is 1. The van der Waals surface area contributed by atoms with Gasteiger partial charge in [0, 0.05) is 75.3 Å². The van der Waals surface area contributed by atoms with Gasteiger partial charge in [0.25, 0.3) is 0 Å². The molecule has 0 amide bonds. The molecule has 0 radical (unpaired) electrons. The molecule has 6 heteroatoms. The third-order valence-electron chi connectivity index (χ3n) is 6.14. The molecule has 2 aromatic carbocycles. The van der Waals surface area contributed by atoms with Crippen LogP contribution in [0.2, 0.25) is 0 Å². The van der Waals surface area contributed by atoms with E-state index in [1.807, 2.05) is 36.9 Å². The molecular formula is C26H34N4O2. The molecule has 1 fully saturated rings. The Labute approximate surface area is 191 Å². The topological polar surface area (TPSA) is 53.8 Å². The fourth-order valence-corrected chi connectivity index (χ4v) is 4.61.